The number of oxime groups is 1. The molecule has 1 rings (SSSR count). The largest absolute Gasteiger partial charge is 0.401 e. The van der Waals surface area contributed by atoms with Gasteiger partial charge in [-0.1, -0.05) is 6.07 Å². The summed E-state index contributed by atoms with van der Waals surface area (Å²) in [6, 6.07) is 4.96. The van der Waals surface area contributed by atoms with Crippen molar-refractivity contribution >= 4 is 24.4 Å². The first-order valence-corrected chi connectivity index (χ1v) is 6.43. The molecule has 2 N–H and O–H groups in total. The fourth-order valence-electron chi connectivity index (χ4n) is 0.795. The van der Waals surface area contributed by atoms with Crippen molar-refractivity contribution in [1.82, 2.24) is 4.98 Å². The van der Waals surface area contributed by atoms with E-state index in [2.05, 4.69) is 31.3 Å². The van der Waals surface area contributed by atoms with Crippen molar-refractivity contribution in [2.24, 2.45) is 5.16 Å². The molecule has 0 unspecified atom stereocenters. The van der Waals surface area contributed by atoms with Crippen LogP contribution in [0.4, 0.5) is 0 Å². The molecule has 0 spiro atoms. The molecular weight excluding hydrogens is 239 g/mol. The minimum Gasteiger partial charge on any atom is -0.401 e. The predicted octanol–water partition coefficient (Wildman–Crippen LogP) is 0.615. The topological polar surface area (TPSA) is 84.2 Å². The predicted molar refractivity (Wildman–Crippen MR) is 57.6 cm³/mol. The Hall–Kier alpha value is -1.01. The molecule has 0 saturated carbocycles. The Morgan fingerprint density at radius 1 is 1.53 bits per heavy atom. The van der Waals surface area contributed by atoms with Crippen LogP contribution in [0.5, 0.6) is 0 Å². The summed E-state index contributed by atoms with van der Waals surface area (Å²) >= 11 is 4.31. The molecule has 0 radical (unpaired) electrons. The Bertz CT molecular complexity index is 391. The normalized spacial score (nSPS) is 12.3. The monoisotopic (exact) mass is 248 g/mol. The molecule has 0 saturated heterocycles. The van der Waals surface area contributed by atoms with Crippen molar-refractivity contribution in [3.63, 3.8) is 0 Å². The van der Waals surface area contributed by atoms with Gasteiger partial charge in [0.25, 0.3) is 5.90 Å². The average molecular weight is 248 g/mol. The van der Waals surface area contributed by atoms with Crippen LogP contribution in [0.2, 0.25) is 0 Å². The van der Waals surface area contributed by atoms with Crippen molar-refractivity contribution in [2.75, 3.05) is 7.11 Å². The van der Waals surface area contributed by atoms with E-state index in [0.717, 1.165) is 0 Å². The summed E-state index contributed by atoms with van der Waals surface area (Å²) in [5.74, 6) is -0.161. The first-order chi connectivity index (χ1) is 7.03. The van der Waals surface area contributed by atoms with Crippen LogP contribution >= 0.6 is 6.72 Å². The molecule has 15 heavy (non-hydrogen) atoms. The summed E-state index contributed by atoms with van der Waals surface area (Å²) in [4.78, 5) is 26.3. The lowest BCUT2D eigenvalue weighted by atomic mass is 10.3. The highest BCUT2D eigenvalue weighted by molar-refractivity contribution is 8.06. The zero-order valence-corrected chi connectivity index (χ0v) is 9.48. The Morgan fingerprint density at radius 3 is 2.73 bits per heavy atom. The van der Waals surface area contributed by atoms with Gasteiger partial charge in [0, 0.05) is 18.0 Å². The molecule has 0 aliphatic carbocycles. The van der Waals surface area contributed by atoms with Crippen molar-refractivity contribution in [3.05, 3.63) is 30.1 Å². The van der Waals surface area contributed by atoms with Gasteiger partial charge in [0.2, 0.25) is 0 Å². The van der Waals surface area contributed by atoms with Gasteiger partial charge < -0.3 is 19.1 Å². The molecular formula is C7H9N2O4PS. The van der Waals surface area contributed by atoms with Crippen LogP contribution < -0.4 is 0 Å². The SMILES string of the molecule is CON=C(OP(O)(O)=S)c1ccccn1. The molecule has 0 aromatic carbocycles. The van der Waals surface area contributed by atoms with E-state index in [1.165, 1.54) is 13.3 Å². The van der Waals surface area contributed by atoms with Crippen LogP contribution in [-0.2, 0) is 21.2 Å². The van der Waals surface area contributed by atoms with E-state index in [1.54, 1.807) is 18.2 Å². The molecule has 0 fully saturated rings. The number of rotatable bonds is 3. The first-order valence-electron chi connectivity index (χ1n) is 3.80. The Balaban J connectivity index is 2.95. The molecule has 0 amide bonds. The van der Waals surface area contributed by atoms with Crippen molar-refractivity contribution < 1.29 is 19.1 Å². The lowest BCUT2D eigenvalue weighted by Gasteiger charge is -2.10. The van der Waals surface area contributed by atoms with Gasteiger partial charge in [0.1, 0.15) is 12.8 Å². The molecule has 6 nitrogen and oxygen atoms in total. The van der Waals surface area contributed by atoms with E-state index in [9.17, 15) is 0 Å². The molecule has 0 bridgehead atoms. The number of hydrogen-bond acceptors (Lipinski definition) is 5. The van der Waals surface area contributed by atoms with Crippen LogP contribution in [0.1, 0.15) is 5.69 Å². The number of pyridine rings is 1. The highest BCUT2D eigenvalue weighted by Crippen LogP contribution is 2.37. The second-order valence-electron chi connectivity index (χ2n) is 2.38. The molecule has 1 aromatic rings. The van der Waals surface area contributed by atoms with Gasteiger partial charge in [0.15, 0.2) is 0 Å². The molecule has 0 atom stereocenters. The second-order valence-corrected chi connectivity index (χ2v) is 4.97. The lowest BCUT2D eigenvalue weighted by Crippen LogP contribution is -2.07. The fourth-order valence-corrected chi connectivity index (χ4v) is 1.36. The first kappa shape index (κ1) is 12.1. The maximum absolute atomic E-state index is 8.97. The van der Waals surface area contributed by atoms with Gasteiger partial charge in [-0.3, -0.25) is 4.98 Å². The lowest BCUT2D eigenvalue weighted by molar-refractivity contribution is 0.204. The van der Waals surface area contributed by atoms with Gasteiger partial charge in [-0.2, -0.15) is 0 Å². The van der Waals surface area contributed by atoms with Crippen LogP contribution in [0, 0.1) is 0 Å². The minimum absolute atomic E-state index is 0.161. The fraction of sp³-hybridized carbons (Fsp3) is 0.143. The highest BCUT2D eigenvalue weighted by atomic mass is 32.5. The van der Waals surface area contributed by atoms with Gasteiger partial charge in [0.05, 0.1) is 0 Å². The zero-order chi connectivity index (χ0) is 11.3. The van der Waals surface area contributed by atoms with E-state index in [-0.39, 0.29) is 5.90 Å². The van der Waals surface area contributed by atoms with Gasteiger partial charge in [-0.05, 0) is 17.3 Å². The number of aromatic nitrogens is 1. The Labute approximate surface area is 91.4 Å². The molecule has 82 valence electrons. The minimum atomic E-state index is -3.83. The van der Waals surface area contributed by atoms with E-state index in [1.807, 2.05) is 0 Å². The average Bonchev–Trinajstić information content (AvgIpc) is 2.17. The highest BCUT2D eigenvalue weighted by Gasteiger charge is 2.17. The van der Waals surface area contributed by atoms with Gasteiger partial charge >= 0.3 is 6.72 Å². The summed E-state index contributed by atoms with van der Waals surface area (Å²) in [7, 11) is 1.30. The van der Waals surface area contributed by atoms with E-state index >= 15 is 0 Å². The van der Waals surface area contributed by atoms with Crippen LogP contribution in [0.15, 0.2) is 29.6 Å². The summed E-state index contributed by atoms with van der Waals surface area (Å²) < 4.78 is 4.66. The quantitative estimate of drug-likeness (QED) is 0.353. The standard InChI is InChI=1S/C7H9N2O4PS/c1-12-9-7(13-14(10,11)15)6-4-2-3-5-8-6/h2-5H,1H3,(H2,10,11,15). The summed E-state index contributed by atoms with van der Waals surface area (Å²) in [5, 5.41) is 3.45. The van der Waals surface area contributed by atoms with Gasteiger partial charge in [-0.25, -0.2) is 0 Å². The molecule has 8 heteroatoms. The van der Waals surface area contributed by atoms with E-state index < -0.39 is 6.72 Å². The Morgan fingerprint density at radius 2 is 2.27 bits per heavy atom. The van der Waals surface area contributed by atoms with Crippen LogP contribution in [0.3, 0.4) is 0 Å². The molecule has 1 heterocycles. The van der Waals surface area contributed by atoms with Crippen molar-refractivity contribution in [2.45, 2.75) is 0 Å². The zero-order valence-electron chi connectivity index (χ0n) is 7.77. The summed E-state index contributed by atoms with van der Waals surface area (Å²) in [6.07, 6.45) is 1.50. The number of nitrogens with zero attached hydrogens (tertiary/aromatic N) is 2. The Kier molecular flexibility index (Phi) is 4.16. The third kappa shape index (κ3) is 4.35. The molecule has 0 aliphatic heterocycles. The molecule has 0 aliphatic rings. The smallest absolute Gasteiger partial charge is 0.376 e. The van der Waals surface area contributed by atoms with Crippen molar-refractivity contribution in [1.29, 1.82) is 0 Å². The summed E-state index contributed by atoms with van der Waals surface area (Å²) in [6.45, 7) is -3.83. The second kappa shape index (κ2) is 5.18. The maximum atomic E-state index is 8.97. The summed E-state index contributed by atoms with van der Waals surface area (Å²) in [5.41, 5.74) is 0.302. The van der Waals surface area contributed by atoms with E-state index in [0.29, 0.717) is 5.69 Å². The van der Waals surface area contributed by atoms with Gasteiger partial charge in [-0.15, -0.1) is 0 Å². The maximum Gasteiger partial charge on any atom is 0.376 e. The third-order valence-corrected chi connectivity index (χ3v) is 1.90. The molecule has 1 aromatic heterocycles. The number of hydrogen-bond donors (Lipinski definition) is 2. The van der Waals surface area contributed by atoms with Crippen molar-refractivity contribution in [3.8, 4) is 0 Å². The van der Waals surface area contributed by atoms with Crippen LogP contribution in [0.25, 0.3) is 0 Å². The van der Waals surface area contributed by atoms with Crippen LogP contribution in [-0.4, -0.2) is 27.8 Å². The third-order valence-electron chi connectivity index (χ3n) is 1.26. The van der Waals surface area contributed by atoms with E-state index in [4.69, 9.17) is 9.79 Å².